The van der Waals surface area contributed by atoms with Crippen molar-refractivity contribution in [1.82, 2.24) is 35.9 Å². The Labute approximate surface area is 267 Å². The molecule has 5 rings (SSSR count). The highest BCUT2D eigenvalue weighted by Gasteiger charge is 2.32. The predicted molar refractivity (Wildman–Crippen MR) is 170 cm³/mol. The number of benzene rings is 2. The Morgan fingerprint density at radius 1 is 0.702 bits per heavy atom. The minimum absolute atomic E-state index is 0.0244. The van der Waals surface area contributed by atoms with E-state index in [1.807, 2.05) is 42.5 Å². The second kappa shape index (κ2) is 14.4. The van der Waals surface area contributed by atoms with E-state index < -0.39 is 60.2 Å². The lowest BCUT2D eigenvalue weighted by Gasteiger charge is -2.25. The summed E-state index contributed by atoms with van der Waals surface area (Å²) in [6, 6.07) is 9.37. The maximum atomic E-state index is 14.0. The predicted octanol–water partition coefficient (Wildman–Crippen LogP) is 0.741. The van der Waals surface area contributed by atoms with Crippen molar-refractivity contribution in [2.75, 3.05) is 0 Å². The van der Waals surface area contributed by atoms with Gasteiger partial charge < -0.3 is 46.8 Å². The molecule has 0 fully saturated rings. The standard InChI is InChI=1S/C32H34N8O7/c33-22(11-19-15-34-16-37-19)29(43)38-25(9-17-13-35-23-7-3-1-5-20(17)23)30(44)39-26(31(45)40-27(32(46)47)12-28(41)42)10-18-14-36-24-8-4-2-6-21(18)24/h1-8,13-16,22,25-27,35-36H,9-12,33H2,(H,34,37)(H,38,43)(H,39,44)(H,40,45)(H,41,42)(H,46,47). The first-order valence-electron chi connectivity index (χ1n) is 14.8. The first kappa shape index (κ1) is 32.4. The third-order valence-corrected chi connectivity index (χ3v) is 7.79. The van der Waals surface area contributed by atoms with Crippen LogP contribution in [0.5, 0.6) is 0 Å². The van der Waals surface area contributed by atoms with Gasteiger partial charge in [0.2, 0.25) is 17.7 Å². The number of fused-ring (bicyclic) bond motifs is 2. The number of nitrogens with one attached hydrogen (secondary N) is 6. The van der Waals surface area contributed by atoms with Gasteiger partial charge in [0.25, 0.3) is 0 Å². The van der Waals surface area contributed by atoms with E-state index in [0.29, 0.717) is 16.8 Å². The molecule has 3 heterocycles. The second-order valence-corrected chi connectivity index (χ2v) is 11.1. The number of nitrogens with zero attached hydrogens (tertiary/aromatic N) is 1. The number of hydrogen-bond donors (Lipinski definition) is 9. The van der Waals surface area contributed by atoms with E-state index in [-0.39, 0.29) is 19.3 Å². The fraction of sp³-hybridized carbons (Fsp3) is 0.250. The molecule has 5 aromatic rings. The van der Waals surface area contributed by atoms with E-state index in [1.165, 1.54) is 12.5 Å². The second-order valence-electron chi connectivity index (χ2n) is 11.1. The monoisotopic (exact) mass is 642 g/mol. The molecule has 0 bridgehead atoms. The summed E-state index contributed by atoms with van der Waals surface area (Å²) in [5.74, 6) is -5.24. The highest BCUT2D eigenvalue weighted by atomic mass is 16.4. The fourth-order valence-corrected chi connectivity index (χ4v) is 5.38. The molecule has 47 heavy (non-hydrogen) atoms. The number of imidazole rings is 1. The van der Waals surface area contributed by atoms with Gasteiger partial charge in [-0.15, -0.1) is 0 Å². The van der Waals surface area contributed by atoms with Crippen molar-refractivity contribution in [1.29, 1.82) is 0 Å². The third kappa shape index (κ3) is 8.01. The number of amides is 3. The number of aliphatic carboxylic acids is 2. The number of hydrogen-bond acceptors (Lipinski definition) is 7. The third-order valence-electron chi connectivity index (χ3n) is 7.79. The zero-order chi connectivity index (χ0) is 33.5. The molecule has 4 unspecified atom stereocenters. The lowest BCUT2D eigenvalue weighted by atomic mass is 10.0. The fourth-order valence-electron chi connectivity index (χ4n) is 5.38. The topological polar surface area (TPSA) is 248 Å². The quantitative estimate of drug-likeness (QED) is 0.0780. The highest BCUT2D eigenvalue weighted by Crippen LogP contribution is 2.21. The molecule has 0 aliphatic carbocycles. The van der Waals surface area contributed by atoms with Crippen molar-refractivity contribution >= 4 is 51.5 Å². The van der Waals surface area contributed by atoms with Crippen molar-refractivity contribution in [3.05, 3.63) is 90.3 Å². The number of aromatic amines is 3. The molecule has 0 radical (unpaired) electrons. The van der Waals surface area contributed by atoms with Crippen molar-refractivity contribution in [3.63, 3.8) is 0 Å². The van der Waals surface area contributed by atoms with Crippen LogP contribution in [-0.4, -0.2) is 84.0 Å². The number of para-hydroxylation sites is 2. The molecule has 3 aromatic heterocycles. The molecular formula is C32H34N8O7. The van der Waals surface area contributed by atoms with Gasteiger partial charge in [0, 0.05) is 65.4 Å². The first-order chi connectivity index (χ1) is 22.6. The maximum absolute atomic E-state index is 14.0. The van der Waals surface area contributed by atoms with Crippen LogP contribution in [0.4, 0.5) is 0 Å². The van der Waals surface area contributed by atoms with E-state index in [1.54, 1.807) is 18.5 Å². The molecule has 0 saturated carbocycles. The van der Waals surface area contributed by atoms with E-state index in [9.17, 15) is 34.2 Å². The first-order valence-corrected chi connectivity index (χ1v) is 14.8. The molecule has 3 amide bonds. The molecule has 0 spiro atoms. The SMILES string of the molecule is NC(Cc1cnc[nH]1)C(=O)NC(Cc1c[nH]c2ccccc12)C(=O)NC(Cc1c[nH]c2ccccc12)C(=O)NC(CC(=O)O)C(=O)O. The number of aromatic nitrogens is 4. The normalized spacial score (nSPS) is 13.8. The molecule has 4 atom stereocenters. The molecule has 0 aliphatic rings. The van der Waals surface area contributed by atoms with Gasteiger partial charge >= 0.3 is 11.9 Å². The summed E-state index contributed by atoms with van der Waals surface area (Å²) in [6.07, 6.45) is 5.58. The van der Waals surface area contributed by atoms with Gasteiger partial charge in [0.05, 0.1) is 18.8 Å². The molecule has 10 N–H and O–H groups in total. The summed E-state index contributed by atoms with van der Waals surface area (Å²) in [5.41, 5.74) is 9.74. The average Bonchev–Trinajstić information content (AvgIpc) is 3.80. The van der Waals surface area contributed by atoms with E-state index in [2.05, 4.69) is 35.9 Å². The average molecular weight is 643 g/mol. The van der Waals surface area contributed by atoms with Crippen LogP contribution in [-0.2, 0) is 43.2 Å². The maximum Gasteiger partial charge on any atom is 0.326 e. The van der Waals surface area contributed by atoms with E-state index in [0.717, 1.165) is 21.8 Å². The molecule has 0 saturated heterocycles. The van der Waals surface area contributed by atoms with Crippen molar-refractivity contribution in [3.8, 4) is 0 Å². The summed E-state index contributed by atoms with van der Waals surface area (Å²) < 4.78 is 0. The Morgan fingerprint density at radius 3 is 1.70 bits per heavy atom. The Bertz CT molecular complexity index is 1900. The summed E-state index contributed by atoms with van der Waals surface area (Å²) in [7, 11) is 0. The van der Waals surface area contributed by atoms with Crippen LogP contribution < -0.4 is 21.7 Å². The van der Waals surface area contributed by atoms with Gasteiger partial charge in [-0.3, -0.25) is 19.2 Å². The van der Waals surface area contributed by atoms with Crippen LogP contribution in [0.3, 0.4) is 0 Å². The number of H-pyrrole nitrogens is 3. The summed E-state index contributed by atoms with van der Waals surface area (Å²) in [4.78, 5) is 76.9. The van der Waals surface area contributed by atoms with Crippen molar-refractivity contribution in [2.45, 2.75) is 49.9 Å². The zero-order valence-electron chi connectivity index (χ0n) is 25.0. The Kier molecular flexibility index (Phi) is 9.96. The van der Waals surface area contributed by atoms with Crippen LogP contribution >= 0.6 is 0 Å². The smallest absolute Gasteiger partial charge is 0.326 e. The Hall–Kier alpha value is -5.96. The minimum Gasteiger partial charge on any atom is -0.481 e. The lowest BCUT2D eigenvalue weighted by Crippen LogP contribution is -2.58. The van der Waals surface area contributed by atoms with Gasteiger partial charge in [-0.25, -0.2) is 9.78 Å². The minimum atomic E-state index is -1.75. The van der Waals surface area contributed by atoms with Crippen LogP contribution in [0.1, 0.15) is 23.2 Å². The molecule has 244 valence electrons. The van der Waals surface area contributed by atoms with Crippen LogP contribution in [0, 0.1) is 0 Å². The molecule has 15 heteroatoms. The van der Waals surface area contributed by atoms with Gasteiger partial charge in [-0.05, 0) is 23.3 Å². The van der Waals surface area contributed by atoms with Crippen molar-refractivity contribution in [2.24, 2.45) is 5.73 Å². The number of carbonyl (C=O) groups excluding carboxylic acids is 3. The van der Waals surface area contributed by atoms with Crippen molar-refractivity contribution < 1.29 is 34.2 Å². The van der Waals surface area contributed by atoms with Crippen LogP contribution in [0.25, 0.3) is 21.8 Å². The molecule has 15 nitrogen and oxygen atoms in total. The number of carboxylic acid groups (broad SMARTS) is 2. The van der Waals surface area contributed by atoms with E-state index >= 15 is 0 Å². The lowest BCUT2D eigenvalue weighted by molar-refractivity contribution is -0.147. The van der Waals surface area contributed by atoms with Gasteiger partial charge in [0.1, 0.15) is 18.1 Å². The summed E-state index contributed by atoms with van der Waals surface area (Å²) >= 11 is 0. The highest BCUT2D eigenvalue weighted by molar-refractivity contribution is 5.96. The van der Waals surface area contributed by atoms with Gasteiger partial charge in [-0.2, -0.15) is 0 Å². The van der Waals surface area contributed by atoms with Gasteiger partial charge in [0.15, 0.2) is 0 Å². The number of rotatable bonds is 15. The number of nitrogens with two attached hydrogens (primary N) is 1. The summed E-state index contributed by atoms with van der Waals surface area (Å²) in [6.45, 7) is 0. The zero-order valence-corrected chi connectivity index (χ0v) is 25.0. The number of carbonyl (C=O) groups is 5. The Morgan fingerprint density at radius 2 is 1.21 bits per heavy atom. The van der Waals surface area contributed by atoms with Gasteiger partial charge in [-0.1, -0.05) is 36.4 Å². The van der Waals surface area contributed by atoms with E-state index in [4.69, 9.17) is 5.73 Å². The summed E-state index contributed by atoms with van der Waals surface area (Å²) in [5, 5.41) is 28.0. The van der Waals surface area contributed by atoms with Crippen LogP contribution in [0.15, 0.2) is 73.4 Å². The molecule has 2 aromatic carbocycles. The molecular weight excluding hydrogens is 608 g/mol. The molecule has 0 aliphatic heterocycles. The number of carboxylic acids is 2. The van der Waals surface area contributed by atoms with Crippen LogP contribution in [0.2, 0.25) is 0 Å². The largest absolute Gasteiger partial charge is 0.481 e. The Balaban J connectivity index is 1.43.